The number of nitrogens with zero attached hydrogens (tertiary/aromatic N) is 2. The van der Waals surface area contributed by atoms with E-state index in [1.165, 1.54) is 11.3 Å². The Morgan fingerprint density at radius 3 is 2.83 bits per heavy atom. The molecule has 0 saturated heterocycles. The highest BCUT2D eigenvalue weighted by atomic mass is 32.1. The van der Waals surface area contributed by atoms with Crippen LogP contribution in [0.15, 0.2) is 12.2 Å². The summed E-state index contributed by atoms with van der Waals surface area (Å²) in [5.74, 6) is -0.0136. The van der Waals surface area contributed by atoms with Gasteiger partial charge in [0, 0.05) is 24.4 Å². The maximum Gasteiger partial charge on any atom is 0.226 e. The van der Waals surface area contributed by atoms with Gasteiger partial charge in [-0.1, -0.05) is 19.1 Å². The van der Waals surface area contributed by atoms with Crippen molar-refractivity contribution in [3.8, 4) is 6.07 Å². The summed E-state index contributed by atoms with van der Waals surface area (Å²) in [6.07, 6.45) is 4.75. The van der Waals surface area contributed by atoms with Crippen LogP contribution in [0.5, 0.6) is 0 Å². The molecule has 2 rings (SSSR count). The minimum absolute atomic E-state index is 0.0136. The van der Waals surface area contributed by atoms with Crippen molar-refractivity contribution in [1.29, 1.82) is 5.26 Å². The molecule has 1 aromatic rings. The predicted octanol–water partition coefficient (Wildman–Crippen LogP) is 3.73. The number of nitriles is 1. The first kappa shape index (κ1) is 17.7. The summed E-state index contributed by atoms with van der Waals surface area (Å²) >= 11 is 1.58. The number of rotatable bonds is 7. The number of carbonyl (C=O) groups is 1. The summed E-state index contributed by atoms with van der Waals surface area (Å²) in [6.45, 7) is 10.4. The zero-order chi connectivity index (χ0) is 16.8. The fraction of sp³-hybridized carbons (Fsp3) is 0.556. The van der Waals surface area contributed by atoms with Gasteiger partial charge in [0.1, 0.15) is 11.1 Å². The van der Waals surface area contributed by atoms with Crippen molar-refractivity contribution in [1.82, 2.24) is 4.90 Å². The molecule has 124 valence electrons. The van der Waals surface area contributed by atoms with Gasteiger partial charge < -0.3 is 5.32 Å². The number of hydrogen-bond donors (Lipinski definition) is 1. The number of aryl methyl sites for hydroxylation is 1. The van der Waals surface area contributed by atoms with E-state index in [0.717, 1.165) is 48.5 Å². The van der Waals surface area contributed by atoms with Crippen LogP contribution in [0.25, 0.3) is 0 Å². The van der Waals surface area contributed by atoms with Crippen molar-refractivity contribution in [2.24, 2.45) is 0 Å². The molecule has 0 aromatic carbocycles. The lowest BCUT2D eigenvalue weighted by atomic mass is 9.96. The standard InChI is InChI=1S/C18H25N3OS/c1-4-21(12-13(2)3)10-9-17(22)20-18-15(11-19)14-7-5-6-8-16(14)23-18/h2,4-10,12H2,1,3H3,(H,20,22). The average molecular weight is 331 g/mol. The molecule has 1 N–H and O–H groups in total. The SMILES string of the molecule is C=C(C)CN(CC)CCC(=O)Nc1sc2c(c1C#N)CCCC2. The molecule has 0 radical (unpaired) electrons. The molecule has 23 heavy (non-hydrogen) atoms. The normalized spacial score (nSPS) is 13.5. The molecule has 1 aromatic heterocycles. The van der Waals surface area contributed by atoms with Crippen molar-refractivity contribution in [2.75, 3.05) is 25.0 Å². The number of fused-ring (bicyclic) bond motifs is 1. The first-order chi connectivity index (χ1) is 11.0. The summed E-state index contributed by atoms with van der Waals surface area (Å²) in [5.41, 5.74) is 2.95. The maximum atomic E-state index is 12.2. The Morgan fingerprint density at radius 2 is 2.17 bits per heavy atom. The van der Waals surface area contributed by atoms with Gasteiger partial charge in [-0.2, -0.15) is 5.26 Å². The first-order valence-corrected chi connectivity index (χ1v) is 9.08. The molecule has 1 heterocycles. The minimum atomic E-state index is -0.0136. The summed E-state index contributed by atoms with van der Waals surface area (Å²) in [4.78, 5) is 15.7. The van der Waals surface area contributed by atoms with Crippen LogP contribution in [0.1, 0.15) is 49.1 Å². The third kappa shape index (κ3) is 4.66. The third-order valence-electron chi connectivity index (χ3n) is 4.13. The van der Waals surface area contributed by atoms with Gasteiger partial charge in [0.25, 0.3) is 0 Å². The lowest BCUT2D eigenvalue weighted by Crippen LogP contribution is -2.29. The van der Waals surface area contributed by atoms with E-state index in [0.29, 0.717) is 18.5 Å². The first-order valence-electron chi connectivity index (χ1n) is 8.26. The molecule has 0 unspecified atom stereocenters. The van der Waals surface area contributed by atoms with Crippen molar-refractivity contribution in [2.45, 2.75) is 46.0 Å². The Balaban J connectivity index is 1.97. The van der Waals surface area contributed by atoms with E-state index < -0.39 is 0 Å². The molecular weight excluding hydrogens is 306 g/mol. The van der Waals surface area contributed by atoms with Gasteiger partial charge in [0.15, 0.2) is 0 Å². The van der Waals surface area contributed by atoms with E-state index in [-0.39, 0.29) is 5.91 Å². The quantitative estimate of drug-likeness (QED) is 0.775. The Kier molecular flexibility index (Phi) is 6.37. The number of anilines is 1. The number of carbonyl (C=O) groups excluding carboxylic acids is 1. The number of nitrogens with one attached hydrogen (secondary N) is 1. The van der Waals surface area contributed by atoms with Crippen molar-refractivity contribution < 1.29 is 4.79 Å². The molecule has 1 aliphatic rings. The number of hydrogen-bond acceptors (Lipinski definition) is 4. The topological polar surface area (TPSA) is 56.1 Å². The van der Waals surface area contributed by atoms with Crippen LogP contribution in [-0.4, -0.2) is 30.4 Å². The number of amides is 1. The van der Waals surface area contributed by atoms with E-state index in [1.807, 2.05) is 6.92 Å². The van der Waals surface area contributed by atoms with Crippen LogP contribution in [-0.2, 0) is 17.6 Å². The van der Waals surface area contributed by atoms with E-state index >= 15 is 0 Å². The summed E-state index contributed by atoms with van der Waals surface area (Å²) in [6, 6.07) is 2.28. The minimum Gasteiger partial charge on any atom is -0.317 e. The van der Waals surface area contributed by atoms with Crippen LogP contribution < -0.4 is 5.32 Å². The van der Waals surface area contributed by atoms with Gasteiger partial charge in [0.05, 0.1) is 5.56 Å². The highest BCUT2D eigenvalue weighted by Gasteiger charge is 2.21. The van der Waals surface area contributed by atoms with Gasteiger partial charge in [-0.25, -0.2) is 0 Å². The maximum absolute atomic E-state index is 12.2. The lowest BCUT2D eigenvalue weighted by molar-refractivity contribution is -0.116. The Labute approximate surface area is 142 Å². The Bertz CT molecular complexity index is 627. The molecular formula is C18H25N3OS. The second-order valence-corrected chi connectivity index (χ2v) is 7.26. The second kappa shape index (κ2) is 8.28. The number of likely N-dealkylation sites (N-methyl/N-ethyl adjacent to an activating group) is 1. The fourth-order valence-corrected chi connectivity index (χ4v) is 4.21. The molecule has 0 bridgehead atoms. The average Bonchev–Trinajstić information content (AvgIpc) is 2.87. The zero-order valence-electron chi connectivity index (χ0n) is 14.1. The summed E-state index contributed by atoms with van der Waals surface area (Å²) in [7, 11) is 0. The van der Waals surface area contributed by atoms with Crippen molar-refractivity contribution >= 4 is 22.2 Å². The molecule has 0 fully saturated rings. The van der Waals surface area contributed by atoms with Crippen LogP contribution in [0.2, 0.25) is 0 Å². The number of thiophene rings is 1. The lowest BCUT2D eigenvalue weighted by Gasteiger charge is -2.19. The fourth-order valence-electron chi connectivity index (χ4n) is 2.95. The smallest absolute Gasteiger partial charge is 0.226 e. The van der Waals surface area contributed by atoms with Crippen LogP contribution in [0.3, 0.4) is 0 Å². The molecule has 0 saturated carbocycles. The van der Waals surface area contributed by atoms with Crippen molar-refractivity contribution in [3.05, 3.63) is 28.2 Å². The summed E-state index contributed by atoms with van der Waals surface area (Å²) < 4.78 is 0. The largest absolute Gasteiger partial charge is 0.317 e. The highest BCUT2D eigenvalue weighted by molar-refractivity contribution is 7.16. The molecule has 5 heteroatoms. The van der Waals surface area contributed by atoms with E-state index in [2.05, 4.69) is 29.8 Å². The van der Waals surface area contributed by atoms with Gasteiger partial charge in [-0.15, -0.1) is 11.3 Å². The van der Waals surface area contributed by atoms with Crippen molar-refractivity contribution in [3.63, 3.8) is 0 Å². The second-order valence-electron chi connectivity index (χ2n) is 6.15. The molecule has 0 atom stereocenters. The van der Waals surface area contributed by atoms with E-state index in [4.69, 9.17) is 0 Å². The Morgan fingerprint density at radius 1 is 1.43 bits per heavy atom. The molecule has 1 aliphatic carbocycles. The van der Waals surface area contributed by atoms with E-state index in [1.54, 1.807) is 11.3 Å². The van der Waals surface area contributed by atoms with E-state index in [9.17, 15) is 10.1 Å². The highest BCUT2D eigenvalue weighted by Crippen LogP contribution is 2.37. The van der Waals surface area contributed by atoms with Gasteiger partial charge in [0.2, 0.25) is 5.91 Å². The molecule has 0 spiro atoms. The molecule has 1 amide bonds. The van der Waals surface area contributed by atoms with Gasteiger partial charge in [-0.05, 0) is 44.7 Å². The predicted molar refractivity (Wildman–Crippen MR) is 95.9 cm³/mol. The van der Waals surface area contributed by atoms with Crippen LogP contribution in [0.4, 0.5) is 5.00 Å². The monoisotopic (exact) mass is 331 g/mol. The Hall–Kier alpha value is -1.64. The summed E-state index contributed by atoms with van der Waals surface area (Å²) in [5, 5.41) is 13.1. The van der Waals surface area contributed by atoms with Crippen LogP contribution >= 0.6 is 11.3 Å². The zero-order valence-corrected chi connectivity index (χ0v) is 14.9. The van der Waals surface area contributed by atoms with Gasteiger partial charge in [-0.3, -0.25) is 9.69 Å². The molecule has 0 aliphatic heterocycles. The van der Waals surface area contributed by atoms with Gasteiger partial charge >= 0.3 is 0 Å². The third-order valence-corrected chi connectivity index (χ3v) is 5.34. The van der Waals surface area contributed by atoms with Crippen LogP contribution in [0, 0.1) is 11.3 Å². The molecule has 4 nitrogen and oxygen atoms in total.